The number of hydrogen-bond donors (Lipinski definition) is 1. The Kier molecular flexibility index (Phi) is 4.34. The molecule has 0 aliphatic rings. The van der Waals surface area contributed by atoms with Crippen LogP contribution in [-0.2, 0) is 6.54 Å². The number of benzene rings is 3. The molecule has 0 radical (unpaired) electrons. The predicted molar refractivity (Wildman–Crippen MR) is 116 cm³/mol. The molecule has 29 heavy (non-hydrogen) atoms. The molecule has 2 aromatic heterocycles. The third-order valence-corrected chi connectivity index (χ3v) is 5.13. The summed E-state index contributed by atoms with van der Waals surface area (Å²) in [5.41, 5.74) is 3.18. The number of para-hydroxylation sites is 1. The molecular formula is C24H16ClNO3. The monoisotopic (exact) mass is 401 g/mol. The molecule has 0 bridgehead atoms. The van der Waals surface area contributed by atoms with E-state index < -0.39 is 5.63 Å². The highest BCUT2D eigenvalue weighted by Crippen LogP contribution is 2.40. The second-order valence-electron chi connectivity index (χ2n) is 6.74. The fourth-order valence-electron chi connectivity index (χ4n) is 3.50. The van der Waals surface area contributed by atoms with Crippen molar-refractivity contribution < 1.29 is 8.83 Å². The van der Waals surface area contributed by atoms with Gasteiger partial charge >= 0.3 is 5.63 Å². The van der Waals surface area contributed by atoms with Crippen molar-refractivity contribution in [2.75, 3.05) is 5.32 Å². The molecule has 0 aliphatic heterocycles. The van der Waals surface area contributed by atoms with Gasteiger partial charge in [-0.15, -0.1) is 0 Å². The van der Waals surface area contributed by atoms with Crippen LogP contribution in [0.2, 0.25) is 5.02 Å². The number of fused-ring (bicyclic) bond motifs is 3. The van der Waals surface area contributed by atoms with Gasteiger partial charge in [-0.2, -0.15) is 0 Å². The summed E-state index contributed by atoms with van der Waals surface area (Å²) in [4.78, 5) is 12.9. The Morgan fingerprint density at radius 3 is 2.34 bits per heavy atom. The molecule has 3 aromatic carbocycles. The molecule has 0 amide bonds. The molecule has 5 aromatic rings. The Bertz CT molecular complexity index is 1370. The molecule has 0 spiro atoms. The summed E-state index contributed by atoms with van der Waals surface area (Å²) in [7, 11) is 0. The van der Waals surface area contributed by atoms with Crippen LogP contribution in [0.15, 0.2) is 92.5 Å². The van der Waals surface area contributed by atoms with Gasteiger partial charge in [0.2, 0.25) is 5.88 Å². The van der Waals surface area contributed by atoms with E-state index in [2.05, 4.69) is 5.32 Å². The van der Waals surface area contributed by atoms with Crippen molar-refractivity contribution in [1.82, 2.24) is 0 Å². The van der Waals surface area contributed by atoms with E-state index in [9.17, 15) is 4.79 Å². The number of furan rings is 1. The number of nitrogens with one attached hydrogen (secondary N) is 1. The molecule has 5 rings (SSSR count). The van der Waals surface area contributed by atoms with Crippen LogP contribution < -0.4 is 10.9 Å². The van der Waals surface area contributed by atoms with E-state index in [0.717, 1.165) is 16.5 Å². The van der Waals surface area contributed by atoms with Crippen LogP contribution >= 0.6 is 11.6 Å². The molecule has 0 unspecified atom stereocenters. The first-order chi connectivity index (χ1) is 14.2. The lowest BCUT2D eigenvalue weighted by molar-refractivity contribution is 0.565. The molecule has 0 fully saturated rings. The van der Waals surface area contributed by atoms with Gasteiger partial charge in [0.1, 0.15) is 11.0 Å². The van der Waals surface area contributed by atoms with Crippen molar-refractivity contribution in [3.63, 3.8) is 0 Å². The number of anilines is 1. The van der Waals surface area contributed by atoms with Crippen molar-refractivity contribution in [2.24, 2.45) is 0 Å². The highest BCUT2D eigenvalue weighted by Gasteiger charge is 2.22. The SMILES string of the molecule is O=c1oc2ccccc2c2oc(NCc3ccccc3)c(-c3ccc(Cl)cc3)c12. The zero-order chi connectivity index (χ0) is 19.8. The van der Waals surface area contributed by atoms with Crippen molar-refractivity contribution in [2.45, 2.75) is 6.54 Å². The Balaban J connectivity index is 1.74. The summed E-state index contributed by atoms with van der Waals surface area (Å²) in [5, 5.41) is 5.14. The van der Waals surface area contributed by atoms with Gasteiger partial charge in [0, 0.05) is 11.6 Å². The van der Waals surface area contributed by atoms with Gasteiger partial charge in [-0.25, -0.2) is 4.79 Å². The average Bonchev–Trinajstić information content (AvgIpc) is 3.14. The fraction of sp³-hybridized carbons (Fsp3) is 0.0417. The van der Waals surface area contributed by atoms with Gasteiger partial charge < -0.3 is 14.2 Å². The molecule has 142 valence electrons. The summed E-state index contributed by atoms with van der Waals surface area (Å²) >= 11 is 6.06. The molecule has 2 heterocycles. The minimum absolute atomic E-state index is 0.418. The van der Waals surface area contributed by atoms with Gasteiger partial charge in [0.05, 0.1) is 10.9 Å². The van der Waals surface area contributed by atoms with Crippen LogP contribution in [0.3, 0.4) is 0 Å². The zero-order valence-electron chi connectivity index (χ0n) is 15.3. The smallest absolute Gasteiger partial charge is 0.348 e. The van der Waals surface area contributed by atoms with E-state index in [1.54, 1.807) is 18.2 Å². The minimum Gasteiger partial charge on any atom is -0.439 e. The van der Waals surface area contributed by atoms with E-state index in [0.29, 0.717) is 39.6 Å². The maximum Gasteiger partial charge on any atom is 0.348 e. The average molecular weight is 402 g/mol. The first-order valence-corrected chi connectivity index (χ1v) is 9.60. The molecular weight excluding hydrogens is 386 g/mol. The van der Waals surface area contributed by atoms with Crippen LogP contribution in [0, 0.1) is 0 Å². The van der Waals surface area contributed by atoms with Crippen LogP contribution in [0.25, 0.3) is 33.1 Å². The highest BCUT2D eigenvalue weighted by atomic mass is 35.5. The van der Waals surface area contributed by atoms with Gasteiger partial charge in [0.25, 0.3) is 0 Å². The largest absolute Gasteiger partial charge is 0.439 e. The first kappa shape index (κ1) is 17.6. The maximum atomic E-state index is 12.9. The fourth-order valence-corrected chi connectivity index (χ4v) is 3.63. The molecule has 0 saturated heterocycles. The highest BCUT2D eigenvalue weighted by molar-refractivity contribution is 6.30. The van der Waals surface area contributed by atoms with Crippen LogP contribution in [0.1, 0.15) is 5.56 Å². The van der Waals surface area contributed by atoms with E-state index in [1.165, 1.54) is 0 Å². The Morgan fingerprint density at radius 2 is 1.55 bits per heavy atom. The lowest BCUT2D eigenvalue weighted by atomic mass is 10.0. The van der Waals surface area contributed by atoms with Crippen LogP contribution in [0.4, 0.5) is 5.88 Å². The van der Waals surface area contributed by atoms with Gasteiger partial charge in [-0.3, -0.25) is 0 Å². The summed E-state index contributed by atoms with van der Waals surface area (Å²) in [6.07, 6.45) is 0. The van der Waals surface area contributed by atoms with Crippen LogP contribution in [0.5, 0.6) is 0 Å². The first-order valence-electron chi connectivity index (χ1n) is 9.23. The normalized spacial score (nSPS) is 11.2. The Hall–Kier alpha value is -3.50. The quantitative estimate of drug-likeness (QED) is 0.350. The lowest BCUT2D eigenvalue weighted by Crippen LogP contribution is -2.01. The molecule has 5 heteroatoms. The second-order valence-corrected chi connectivity index (χ2v) is 7.18. The molecule has 1 N–H and O–H groups in total. The number of rotatable bonds is 4. The molecule has 4 nitrogen and oxygen atoms in total. The van der Waals surface area contributed by atoms with Crippen LogP contribution in [-0.4, -0.2) is 0 Å². The van der Waals surface area contributed by atoms with Crippen molar-refractivity contribution in [3.05, 3.63) is 99.9 Å². The lowest BCUT2D eigenvalue weighted by Gasteiger charge is -2.07. The summed E-state index contributed by atoms with van der Waals surface area (Å²) < 4.78 is 11.8. The molecule has 0 aliphatic carbocycles. The maximum absolute atomic E-state index is 12.9. The zero-order valence-corrected chi connectivity index (χ0v) is 16.1. The van der Waals surface area contributed by atoms with E-state index in [4.69, 9.17) is 20.4 Å². The van der Waals surface area contributed by atoms with E-state index in [-0.39, 0.29) is 0 Å². The number of halogens is 1. The summed E-state index contributed by atoms with van der Waals surface area (Å²) in [6, 6.07) is 24.7. The van der Waals surface area contributed by atoms with Crippen molar-refractivity contribution >= 4 is 39.4 Å². The predicted octanol–water partition coefficient (Wildman–Crippen LogP) is 6.47. The topological polar surface area (TPSA) is 55.4 Å². The minimum atomic E-state index is -0.430. The number of hydrogen-bond acceptors (Lipinski definition) is 4. The van der Waals surface area contributed by atoms with Gasteiger partial charge in [-0.05, 0) is 35.4 Å². The molecule has 0 atom stereocenters. The summed E-state index contributed by atoms with van der Waals surface area (Å²) in [5.74, 6) is 0.523. The molecule has 0 saturated carbocycles. The summed E-state index contributed by atoms with van der Waals surface area (Å²) in [6.45, 7) is 0.560. The Labute approximate surface area is 171 Å². The second kappa shape index (κ2) is 7.15. The van der Waals surface area contributed by atoms with Crippen molar-refractivity contribution in [3.8, 4) is 11.1 Å². The van der Waals surface area contributed by atoms with Gasteiger partial charge in [0.15, 0.2) is 5.58 Å². The van der Waals surface area contributed by atoms with E-state index in [1.807, 2.05) is 60.7 Å². The standard InChI is InChI=1S/C24H16ClNO3/c25-17-12-10-16(11-13-17)20-21-22(18-8-4-5-9-19(18)28-24(21)27)29-23(20)26-14-15-6-2-1-3-7-15/h1-13,26H,14H2. The Morgan fingerprint density at radius 1 is 0.828 bits per heavy atom. The van der Waals surface area contributed by atoms with E-state index >= 15 is 0 Å². The third kappa shape index (κ3) is 3.18. The van der Waals surface area contributed by atoms with Crippen molar-refractivity contribution in [1.29, 1.82) is 0 Å². The third-order valence-electron chi connectivity index (χ3n) is 4.88. The van der Waals surface area contributed by atoms with Gasteiger partial charge in [-0.1, -0.05) is 66.2 Å².